The topological polar surface area (TPSA) is 98.7 Å². The van der Waals surface area contributed by atoms with Gasteiger partial charge in [0.25, 0.3) is 0 Å². The maximum Gasteiger partial charge on any atom is 0.320 e. The van der Waals surface area contributed by atoms with E-state index in [1.165, 1.54) is 6.92 Å². The molecule has 0 bridgehead atoms. The zero-order valence-electron chi connectivity index (χ0n) is 13.7. The Hall–Kier alpha value is -1.40. The number of amides is 1. The highest BCUT2D eigenvalue weighted by atomic mass is 16.4. The minimum atomic E-state index is -0.906. The smallest absolute Gasteiger partial charge is 0.320 e. The van der Waals surface area contributed by atoms with E-state index in [1.54, 1.807) is 0 Å². The third-order valence-electron chi connectivity index (χ3n) is 4.45. The van der Waals surface area contributed by atoms with Gasteiger partial charge in [-0.15, -0.1) is 0 Å². The van der Waals surface area contributed by atoms with Crippen molar-refractivity contribution < 1.29 is 19.8 Å². The lowest BCUT2D eigenvalue weighted by atomic mass is 9.85. The zero-order chi connectivity index (χ0) is 16.9. The molecule has 0 radical (unpaired) electrons. The molecule has 1 fully saturated rings. The molecular weight excluding hydrogens is 284 g/mol. The Kier molecular flexibility index (Phi) is 7.03. The largest absolute Gasteiger partial charge is 0.480 e. The van der Waals surface area contributed by atoms with Crippen LogP contribution >= 0.6 is 0 Å². The molecule has 0 aromatic rings. The van der Waals surface area contributed by atoms with Gasteiger partial charge in [0.05, 0.1) is 12.1 Å². The summed E-state index contributed by atoms with van der Waals surface area (Å²) in [5.74, 6) is -1.17. The molecule has 0 spiro atoms. The van der Waals surface area contributed by atoms with Crippen LogP contribution < -0.4 is 10.6 Å². The van der Waals surface area contributed by atoms with Gasteiger partial charge in [0.15, 0.2) is 0 Å². The predicted molar refractivity (Wildman–Crippen MR) is 84.3 cm³/mol. The number of nitrogens with one attached hydrogen (secondary N) is 2. The number of aliphatic hydroxyl groups excluding tert-OH is 1. The number of hydrogen-bond acceptors (Lipinski definition) is 4. The van der Waals surface area contributed by atoms with Crippen LogP contribution in [0.5, 0.6) is 0 Å². The molecule has 1 heterocycles. The maximum absolute atomic E-state index is 11.5. The van der Waals surface area contributed by atoms with Gasteiger partial charge in [0.2, 0.25) is 5.91 Å². The van der Waals surface area contributed by atoms with Crippen molar-refractivity contribution in [1.82, 2.24) is 10.6 Å². The Labute approximate surface area is 132 Å². The highest BCUT2D eigenvalue weighted by Gasteiger charge is 2.43. The Morgan fingerprint density at radius 2 is 2.09 bits per heavy atom. The van der Waals surface area contributed by atoms with Crippen molar-refractivity contribution in [1.29, 1.82) is 0 Å². The van der Waals surface area contributed by atoms with Gasteiger partial charge in [-0.25, -0.2) is 0 Å². The Balaban J connectivity index is 3.03. The van der Waals surface area contributed by atoms with Crippen LogP contribution in [-0.2, 0) is 9.59 Å². The van der Waals surface area contributed by atoms with Gasteiger partial charge in [-0.2, -0.15) is 0 Å². The standard InChI is InChI=1S/C16H28N2O4/c1-5-7-11-8-12(16(21)22)18-13(11)14(17-10(4)19)15(20)9(3)6-2/h5,7,9,11-15,18,20H,6,8H2,1-4H3,(H,17,19)(H,21,22)/b7-5-/t9-,11+,12+,13+,14+,15-/m0/s1. The van der Waals surface area contributed by atoms with Gasteiger partial charge in [0.1, 0.15) is 6.04 Å². The van der Waals surface area contributed by atoms with Crippen LogP contribution in [0, 0.1) is 11.8 Å². The monoisotopic (exact) mass is 312 g/mol. The predicted octanol–water partition coefficient (Wildman–Crippen LogP) is 0.906. The lowest BCUT2D eigenvalue weighted by molar-refractivity contribution is -0.139. The van der Waals surface area contributed by atoms with Crippen molar-refractivity contribution in [3.8, 4) is 0 Å². The molecular formula is C16H28N2O4. The lowest BCUT2D eigenvalue weighted by Crippen LogP contribution is -2.58. The molecule has 6 heteroatoms. The number of carbonyl (C=O) groups excluding carboxylic acids is 1. The Morgan fingerprint density at radius 1 is 1.45 bits per heavy atom. The number of rotatable bonds is 7. The second kappa shape index (κ2) is 8.29. The summed E-state index contributed by atoms with van der Waals surface area (Å²) in [5, 5.41) is 25.7. The fourth-order valence-electron chi connectivity index (χ4n) is 3.05. The second-order valence-corrected chi connectivity index (χ2v) is 6.11. The molecule has 1 rings (SSSR count). The summed E-state index contributed by atoms with van der Waals surface area (Å²) < 4.78 is 0. The van der Waals surface area contributed by atoms with Crippen molar-refractivity contribution in [2.75, 3.05) is 0 Å². The molecule has 4 N–H and O–H groups in total. The Morgan fingerprint density at radius 3 is 2.55 bits per heavy atom. The van der Waals surface area contributed by atoms with Crippen LogP contribution in [0.2, 0.25) is 0 Å². The molecule has 0 aromatic heterocycles. The van der Waals surface area contributed by atoms with E-state index in [2.05, 4.69) is 10.6 Å². The SMILES string of the molecule is C/C=C\[C@@H]1C[C@H](C(=O)O)N[C@H]1[C@@H](NC(C)=O)[C@@H](O)[C@@H](C)CC. The minimum absolute atomic E-state index is 0.00813. The average molecular weight is 312 g/mol. The third kappa shape index (κ3) is 4.55. The molecule has 22 heavy (non-hydrogen) atoms. The lowest BCUT2D eigenvalue weighted by Gasteiger charge is -2.34. The molecule has 0 unspecified atom stereocenters. The maximum atomic E-state index is 11.5. The Bertz CT molecular complexity index is 424. The first-order valence-corrected chi connectivity index (χ1v) is 7.88. The highest BCUT2D eigenvalue weighted by molar-refractivity contribution is 5.75. The number of aliphatic hydroxyl groups is 1. The number of allylic oxidation sites excluding steroid dienone is 1. The molecule has 0 aliphatic carbocycles. The summed E-state index contributed by atoms with van der Waals surface area (Å²) in [7, 11) is 0. The van der Waals surface area contributed by atoms with Crippen molar-refractivity contribution in [2.24, 2.45) is 11.8 Å². The summed E-state index contributed by atoms with van der Waals surface area (Å²) in [6, 6.07) is -1.48. The number of carboxylic acid groups (broad SMARTS) is 1. The van der Waals surface area contributed by atoms with Crippen molar-refractivity contribution in [3.63, 3.8) is 0 Å². The quantitative estimate of drug-likeness (QED) is 0.524. The van der Waals surface area contributed by atoms with Crippen LogP contribution in [-0.4, -0.2) is 46.3 Å². The average Bonchev–Trinajstić information content (AvgIpc) is 2.87. The molecule has 1 amide bonds. The van der Waals surface area contributed by atoms with E-state index in [9.17, 15) is 19.8 Å². The van der Waals surface area contributed by atoms with Crippen LogP contribution in [0.25, 0.3) is 0 Å². The molecule has 1 saturated heterocycles. The van der Waals surface area contributed by atoms with Gasteiger partial charge < -0.3 is 15.5 Å². The first-order chi connectivity index (χ1) is 10.3. The summed E-state index contributed by atoms with van der Waals surface area (Å²) in [5.41, 5.74) is 0. The first kappa shape index (κ1) is 18.6. The van der Waals surface area contributed by atoms with Crippen LogP contribution in [0.3, 0.4) is 0 Å². The molecule has 1 aliphatic heterocycles. The van der Waals surface area contributed by atoms with Gasteiger partial charge >= 0.3 is 5.97 Å². The fourth-order valence-corrected chi connectivity index (χ4v) is 3.05. The highest BCUT2D eigenvalue weighted by Crippen LogP contribution is 2.28. The molecule has 1 aliphatic rings. The third-order valence-corrected chi connectivity index (χ3v) is 4.45. The molecule has 0 saturated carbocycles. The normalized spacial score (nSPS) is 29.2. The van der Waals surface area contributed by atoms with Crippen LogP contribution in [0.15, 0.2) is 12.2 Å². The van der Waals surface area contributed by atoms with Crippen LogP contribution in [0.1, 0.15) is 40.5 Å². The summed E-state index contributed by atoms with van der Waals surface area (Å²) in [6.45, 7) is 7.19. The molecule has 126 valence electrons. The number of hydrogen-bond donors (Lipinski definition) is 4. The van der Waals surface area contributed by atoms with Crippen LogP contribution in [0.4, 0.5) is 0 Å². The van der Waals surface area contributed by atoms with Gasteiger partial charge in [-0.1, -0.05) is 32.4 Å². The van der Waals surface area contributed by atoms with E-state index in [-0.39, 0.29) is 23.8 Å². The summed E-state index contributed by atoms with van der Waals surface area (Å²) >= 11 is 0. The van der Waals surface area contributed by atoms with Gasteiger partial charge in [-0.05, 0) is 25.2 Å². The number of carbonyl (C=O) groups is 2. The molecule has 6 atom stereocenters. The van der Waals surface area contributed by atoms with E-state index >= 15 is 0 Å². The van der Waals surface area contributed by atoms with E-state index in [1.807, 2.05) is 32.9 Å². The van der Waals surface area contributed by atoms with E-state index in [0.717, 1.165) is 6.42 Å². The summed E-state index contributed by atoms with van der Waals surface area (Å²) in [4.78, 5) is 22.8. The molecule has 6 nitrogen and oxygen atoms in total. The second-order valence-electron chi connectivity index (χ2n) is 6.11. The number of aliphatic carboxylic acids is 1. The molecule has 0 aromatic carbocycles. The van der Waals surface area contributed by atoms with Crippen molar-refractivity contribution in [2.45, 2.75) is 64.8 Å². The zero-order valence-corrected chi connectivity index (χ0v) is 13.7. The van der Waals surface area contributed by atoms with Crippen molar-refractivity contribution >= 4 is 11.9 Å². The van der Waals surface area contributed by atoms with E-state index in [4.69, 9.17) is 0 Å². The first-order valence-electron chi connectivity index (χ1n) is 7.88. The fraction of sp³-hybridized carbons (Fsp3) is 0.750. The van der Waals surface area contributed by atoms with Gasteiger partial charge in [-0.3, -0.25) is 14.9 Å². The van der Waals surface area contributed by atoms with E-state index < -0.39 is 24.2 Å². The van der Waals surface area contributed by atoms with Crippen molar-refractivity contribution in [3.05, 3.63) is 12.2 Å². The van der Waals surface area contributed by atoms with E-state index in [0.29, 0.717) is 6.42 Å². The van der Waals surface area contributed by atoms with Gasteiger partial charge in [0, 0.05) is 13.0 Å². The minimum Gasteiger partial charge on any atom is -0.480 e. The number of carboxylic acids is 1. The summed E-state index contributed by atoms with van der Waals surface area (Å²) in [6.07, 6.45) is 4.32.